The van der Waals surface area contributed by atoms with Crippen molar-refractivity contribution in [3.63, 3.8) is 0 Å². The zero-order valence-electron chi connectivity index (χ0n) is 12.4. The van der Waals surface area contributed by atoms with Crippen LogP contribution >= 0.6 is 0 Å². The molecule has 0 aromatic heterocycles. The van der Waals surface area contributed by atoms with E-state index in [4.69, 9.17) is 0 Å². The van der Waals surface area contributed by atoms with Gasteiger partial charge >= 0.3 is 0 Å². The first-order valence-electron chi connectivity index (χ1n) is 7.60. The van der Waals surface area contributed by atoms with Crippen molar-refractivity contribution in [1.82, 2.24) is 0 Å². The van der Waals surface area contributed by atoms with Crippen LogP contribution in [0.3, 0.4) is 0 Å². The molecule has 0 aliphatic heterocycles. The van der Waals surface area contributed by atoms with Crippen LogP contribution in [0.4, 0.5) is 0 Å². The van der Waals surface area contributed by atoms with Crippen molar-refractivity contribution >= 4 is 10.4 Å². The Labute approximate surface area is 118 Å². The van der Waals surface area contributed by atoms with Crippen LogP contribution in [-0.4, -0.2) is 19.1 Å². The van der Waals surface area contributed by atoms with Crippen molar-refractivity contribution in [3.8, 4) is 0 Å². The van der Waals surface area contributed by atoms with Crippen LogP contribution in [0.2, 0.25) is 0 Å². The van der Waals surface area contributed by atoms with Crippen molar-refractivity contribution in [1.29, 1.82) is 0 Å². The SMILES string of the molecule is CCCCCCCCCCCCC(C)OS(=O)(=O)[O-]. The van der Waals surface area contributed by atoms with Gasteiger partial charge in [0.25, 0.3) is 0 Å². The molecule has 0 saturated carbocycles. The molecule has 0 fully saturated rings. The Kier molecular flexibility index (Phi) is 11.6. The van der Waals surface area contributed by atoms with E-state index in [0.717, 1.165) is 12.8 Å². The van der Waals surface area contributed by atoms with Crippen molar-refractivity contribution in [2.24, 2.45) is 0 Å². The van der Waals surface area contributed by atoms with Gasteiger partial charge in [0.2, 0.25) is 10.4 Å². The van der Waals surface area contributed by atoms with E-state index in [1.54, 1.807) is 6.92 Å². The molecule has 0 saturated heterocycles. The second-order valence-electron chi connectivity index (χ2n) is 5.29. The number of unbranched alkanes of at least 4 members (excludes halogenated alkanes) is 9. The summed E-state index contributed by atoms with van der Waals surface area (Å²) in [7, 11) is -4.54. The third-order valence-electron chi connectivity index (χ3n) is 3.25. The molecule has 0 radical (unpaired) electrons. The van der Waals surface area contributed by atoms with Gasteiger partial charge in [-0.2, -0.15) is 0 Å². The van der Waals surface area contributed by atoms with Crippen molar-refractivity contribution in [2.75, 3.05) is 0 Å². The number of hydrogen-bond acceptors (Lipinski definition) is 4. The molecule has 19 heavy (non-hydrogen) atoms. The van der Waals surface area contributed by atoms with Crippen LogP contribution in [0.5, 0.6) is 0 Å². The highest BCUT2D eigenvalue weighted by atomic mass is 32.3. The molecule has 0 aliphatic carbocycles. The fourth-order valence-electron chi connectivity index (χ4n) is 2.17. The predicted octanol–water partition coefficient (Wildman–Crippen LogP) is 4.16. The molecule has 0 amide bonds. The molecule has 1 atom stereocenters. The average molecular weight is 293 g/mol. The second kappa shape index (κ2) is 11.7. The van der Waals surface area contributed by atoms with Crippen LogP contribution in [0.25, 0.3) is 0 Å². The lowest BCUT2D eigenvalue weighted by atomic mass is 10.1. The summed E-state index contributed by atoms with van der Waals surface area (Å²) in [5, 5.41) is 0. The van der Waals surface area contributed by atoms with Gasteiger partial charge in [0.15, 0.2) is 0 Å². The molecule has 0 aromatic carbocycles. The molecule has 5 heteroatoms. The minimum atomic E-state index is -4.54. The van der Waals surface area contributed by atoms with Crippen LogP contribution in [-0.2, 0) is 14.6 Å². The smallest absolute Gasteiger partial charge is 0.217 e. The quantitative estimate of drug-likeness (QED) is 0.290. The van der Waals surface area contributed by atoms with E-state index in [9.17, 15) is 13.0 Å². The fourth-order valence-corrected chi connectivity index (χ4v) is 2.67. The first kappa shape index (κ1) is 18.9. The Morgan fingerprint density at radius 1 is 0.895 bits per heavy atom. The van der Waals surface area contributed by atoms with E-state index in [2.05, 4.69) is 11.1 Å². The van der Waals surface area contributed by atoms with Crippen molar-refractivity contribution < 1.29 is 17.2 Å². The lowest BCUT2D eigenvalue weighted by molar-refractivity contribution is 0.181. The van der Waals surface area contributed by atoms with Crippen LogP contribution in [0.1, 0.15) is 84.5 Å². The minimum absolute atomic E-state index is 0.489. The molecule has 1 unspecified atom stereocenters. The molecule has 0 N–H and O–H groups in total. The monoisotopic (exact) mass is 293 g/mol. The largest absolute Gasteiger partial charge is 0.726 e. The highest BCUT2D eigenvalue weighted by molar-refractivity contribution is 7.80. The van der Waals surface area contributed by atoms with Crippen LogP contribution in [0.15, 0.2) is 0 Å². The van der Waals surface area contributed by atoms with Crippen molar-refractivity contribution in [2.45, 2.75) is 90.6 Å². The lowest BCUT2D eigenvalue weighted by Gasteiger charge is -2.14. The lowest BCUT2D eigenvalue weighted by Crippen LogP contribution is -2.14. The average Bonchev–Trinajstić information content (AvgIpc) is 2.29. The molecule has 116 valence electrons. The Morgan fingerprint density at radius 3 is 1.74 bits per heavy atom. The summed E-state index contributed by atoms with van der Waals surface area (Å²) in [4.78, 5) is 0. The van der Waals surface area contributed by atoms with E-state index in [0.29, 0.717) is 6.42 Å². The Hall–Kier alpha value is -0.130. The summed E-state index contributed by atoms with van der Waals surface area (Å²) in [5.74, 6) is 0. The van der Waals surface area contributed by atoms with Gasteiger partial charge in [0.1, 0.15) is 0 Å². The second-order valence-corrected chi connectivity index (χ2v) is 6.29. The Balaban J connectivity index is 3.23. The molecular formula is C14H29O4S-. The van der Waals surface area contributed by atoms with Gasteiger partial charge in [-0.3, -0.25) is 4.18 Å². The van der Waals surface area contributed by atoms with Gasteiger partial charge < -0.3 is 4.55 Å². The number of hydrogen-bond donors (Lipinski definition) is 0. The van der Waals surface area contributed by atoms with Gasteiger partial charge in [-0.05, 0) is 13.3 Å². The summed E-state index contributed by atoms with van der Waals surface area (Å²) in [6.07, 6.45) is 12.6. The third-order valence-corrected chi connectivity index (χ3v) is 3.81. The molecule has 0 heterocycles. The van der Waals surface area contributed by atoms with E-state index < -0.39 is 16.5 Å². The summed E-state index contributed by atoms with van der Waals surface area (Å²) >= 11 is 0. The number of rotatable bonds is 13. The molecule has 0 bridgehead atoms. The van der Waals surface area contributed by atoms with Gasteiger partial charge in [-0.15, -0.1) is 0 Å². The molecular weight excluding hydrogens is 264 g/mol. The third kappa shape index (κ3) is 15.8. The molecule has 0 spiro atoms. The van der Waals surface area contributed by atoms with E-state index in [1.165, 1.54) is 51.4 Å². The zero-order chi connectivity index (χ0) is 14.6. The maximum Gasteiger partial charge on any atom is 0.217 e. The van der Waals surface area contributed by atoms with E-state index >= 15 is 0 Å². The zero-order valence-corrected chi connectivity index (χ0v) is 13.2. The minimum Gasteiger partial charge on any atom is -0.726 e. The predicted molar refractivity (Wildman–Crippen MR) is 76.7 cm³/mol. The summed E-state index contributed by atoms with van der Waals surface area (Å²) in [6, 6.07) is 0. The first-order chi connectivity index (χ1) is 8.95. The van der Waals surface area contributed by atoms with Gasteiger partial charge in [-0.25, -0.2) is 8.42 Å². The highest BCUT2D eigenvalue weighted by Gasteiger charge is 2.05. The maximum atomic E-state index is 10.3. The van der Waals surface area contributed by atoms with Gasteiger partial charge in [0, 0.05) is 0 Å². The van der Waals surface area contributed by atoms with E-state index in [1.807, 2.05) is 0 Å². The molecule has 4 nitrogen and oxygen atoms in total. The maximum absolute atomic E-state index is 10.3. The van der Waals surface area contributed by atoms with Crippen molar-refractivity contribution in [3.05, 3.63) is 0 Å². The summed E-state index contributed by atoms with van der Waals surface area (Å²) in [6.45, 7) is 3.85. The van der Waals surface area contributed by atoms with Crippen LogP contribution in [0, 0.1) is 0 Å². The van der Waals surface area contributed by atoms with Gasteiger partial charge in [0.05, 0.1) is 6.10 Å². The Bertz CT molecular complexity index is 288. The first-order valence-corrected chi connectivity index (χ1v) is 8.93. The molecule has 0 rings (SSSR count). The highest BCUT2D eigenvalue weighted by Crippen LogP contribution is 2.13. The molecule has 0 aromatic rings. The normalized spacial score (nSPS) is 13.6. The topological polar surface area (TPSA) is 66.4 Å². The standard InChI is InChI=1S/C14H30O4S/c1-3-4-5-6-7-8-9-10-11-12-13-14(2)18-19(15,16)17/h14H,3-13H2,1-2H3,(H,15,16,17)/p-1. The summed E-state index contributed by atoms with van der Waals surface area (Å²) < 4.78 is 35.4. The van der Waals surface area contributed by atoms with Gasteiger partial charge in [-0.1, -0.05) is 71.1 Å². The van der Waals surface area contributed by atoms with E-state index in [-0.39, 0.29) is 0 Å². The fraction of sp³-hybridized carbons (Fsp3) is 1.00. The Morgan fingerprint density at radius 2 is 1.32 bits per heavy atom. The van der Waals surface area contributed by atoms with Crippen LogP contribution < -0.4 is 0 Å². The molecule has 0 aliphatic rings. The summed E-state index contributed by atoms with van der Waals surface area (Å²) in [5.41, 5.74) is 0.